The van der Waals surface area contributed by atoms with Crippen molar-refractivity contribution in [2.45, 2.75) is 18.9 Å². The Labute approximate surface area is 140 Å². The van der Waals surface area contributed by atoms with E-state index < -0.39 is 4.92 Å². The van der Waals surface area contributed by atoms with E-state index in [9.17, 15) is 10.1 Å². The molecule has 2 aliphatic heterocycles. The lowest BCUT2D eigenvalue weighted by atomic mass is 9.85. The molecule has 0 saturated carbocycles. The minimum absolute atomic E-state index is 0.00337. The summed E-state index contributed by atoms with van der Waals surface area (Å²) in [5.74, 6) is 0.461. The van der Waals surface area contributed by atoms with E-state index in [0.29, 0.717) is 5.92 Å². The monoisotopic (exact) mass is 339 g/mol. The van der Waals surface area contributed by atoms with Gasteiger partial charge >= 0.3 is 0 Å². The molecule has 7 heteroatoms. The molecule has 1 atom stereocenters. The van der Waals surface area contributed by atoms with Gasteiger partial charge in [-0.3, -0.25) is 15.0 Å². The molecular formula is C16H22ClN3O3. The number of nitro benzene ring substituents is 1. The standard InChI is InChI=1S/C16H22ClN3O3/c17-14-2-1-13(11-15(14)20(21)22)16(12-3-9-23-10-4-12)19-7-5-18-6-8-19/h1-2,11-12,16,18H,3-10H2/t16-/m0/s1. The van der Waals surface area contributed by atoms with Crippen LogP contribution in [0.25, 0.3) is 0 Å². The number of halogens is 1. The minimum Gasteiger partial charge on any atom is -0.381 e. The van der Waals surface area contributed by atoms with Crippen molar-refractivity contribution in [2.24, 2.45) is 5.92 Å². The molecule has 1 aromatic rings. The van der Waals surface area contributed by atoms with Gasteiger partial charge in [0.25, 0.3) is 5.69 Å². The third-order valence-electron chi connectivity index (χ3n) is 4.77. The zero-order chi connectivity index (χ0) is 16.2. The topological polar surface area (TPSA) is 67.6 Å². The van der Waals surface area contributed by atoms with E-state index >= 15 is 0 Å². The molecule has 0 radical (unpaired) electrons. The van der Waals surface area contributed by atoms with Gasteiger partial charge in [-0.2, -0.15) is 0 Å². The van der Waals surface area contributed by atoms with Crippen LogP contribution in [0.1, 0.15) is 24.4 Å². The number of ether oxygens (including phenoxy) is 1. The van der Waals surface area contributed by atoms with Gasteiger partial charge in [-0.1, -0.05) is 17.7 Å². The first kappa shape index (κ1) is 16.6. The van der Waals surface area contributed by atoms with E-state index in [4.69, 9.17) is 16.3 Å². The van der Waals surface area contributed by atoms with Crippen LogP contribution in [-0.2, 0) is 4.74 Å². The Balaban J connectivity index is 1.93. The molecule has 126 valence electrons. The second kappa shape index (κ2) is 7.57. The average molecular weight is 340 g/mol. The van der Waals surface area contributed by atoms with Crippen LogP contribution in [0.4, 0.5) is 5.69 Å². The van der Waals surface area contributed by atoms with Crippen molar-refractivity contribution >= 4 is 17.3 Å². The van der Waals surface area contributed by atoms with Crippen molar-refractivity contribution < 1.29 is 9.66 Å². The van der Waals surface area contributed by atoms with Gasteiger partial charge in [-0.15, -0.1) is 0 Å². The van der Waals surface area contributed by atoms with E-state index in [1.54, 1.807) is 12.1 Å². The summed E-state index contributed by atoms with van der Waals surface area (Å²) in [6.07, 6.45) is 1.98. The summed E-state index contributed by atoms with van der Waals surface area (Å²) in [5.41, 5.74) is 0.992. The van der Waals surface area contributed by atoms with E-state index in [1.807, 2.05) is 6.07 Å². The van der Waals surface area contributed by atoms with Crippen molar-refractivity contribution in [1.29, 1.82) is 0 Å². The maximum atomic E-state index is 11.2. The summed E-state index contributed by atoms with van der Waals surface area (Å²) >= 11 is 5.98. The fourth-order valence-corrected chi connectivity index (χ4v) is 3.81. The molecule has 1 aromatic carbocycles. The summed E-state index contributed by atoms with van der Waals surface area (Å²) in [6.45, 7) is 5.35. The second-order valence-corrected chi connectivity index (χ2v) is 6.56. The van der Waals surface area contributed by atoms with E-state index in [0.717, 1.165) is 57.8 Å². The molecule has 0 bridgehead atoms. The van der Waals surface area contributed by atoms with E-state index in [2.05, 4.69) is 10.2 Å². The van der Waals surface area contributed by atoms with Crippen LogP contribution in [0.15, 0.2) is 18.2 Å². The van der Waals surface area contributed by atoms with Gasteiger partial charge in [0.2, 0.25) is 0 Å². The number of nitrogens with one attached hydrogen (secondary N) is 1. The highest BCUT2D eigenvalue weighted by Gasteiger charge is 2.32. The number of rotatable bonds is 4. The summed E-state index contributed by atoms with van der Waals surface area (Å²) < 4.78 is 5.49. The van der Waals surface area contributed by atoms with Crippen molar-refractivity contribution in [1.82, 2.24) is 10.2 Å². The number of benzene rings is 1. The zero-order valence-corrected chi connectivity index (χ0v) is 13.8. The third-order valence-corrected chi connectivity index (χ3v) is 5.09. The Morgan fingerprint density at radius 3 is 2.65 bits per heavy atom. The number of hydrogen-bond acceptors (Lipinski definition) is 5. The smallest absolute Gasteiger partial charge is 0.288 e. The molecular weight excluding hydrogens is 318 g/mol. The molecule has 2 fully saturated rings. The fourth-order valence-electron chi connectivity index (χ4n) is 3.63. The highest BCUT2D eigenvalue weighted by molar-refractivity contribution is 6.32. The molecule has 6 nitrogen and oxygen atoms in total. The molecule has 0 spiro atoms. The highest BCUT2D eigenvalue weighted by Crippen LogP contribution is 2.38. The zero-order valence-electron chi connectivity index (χ0n) is 13.0. The summed E-state index contributed by atoms with van der Waals surface area (Å²) in [6, 6.07) is 5.45. The lowest BCUT2D eigenvalue weighted by Crippen LogP contribution is -2.47. The second-order valence-electron chi connectivity index (χ2n) is 6.15. The quantitative estimate of drug-likeness (QED) is 0.674. The molecule has 23 heavy (non-hydrogen) atoms. The number of nitrogens with zero attached hydrogens (tertiary/aromatic N) is 2. The van der Waals surface area contributed by atoms with Crippen LogP contribution < -0.4 is 5.32 Å². The molecule has 0 unspecified atom stereocenters. The number of nitro groups is 1. The van der Waals surface area contributed by atoms with Crippen molar-refractivity contribution in [3.8, 4) is 0 Å². The Morgan fingerprint density at radius 1 is 1.30 bits per heavy atom. The van der Waals surface area contributed by atoms with E-state index in [1.165, 1.54) is 0 Å². The first-order chi connectivity index (χ1) is 11.2. The van der Waals surface area contributed by atoms with Gasteiger partial charge in [-0.05, 0) is 30.4 Å². The van der Waals surface area contributed by atoms with Gasteiger partial charge in [0.15, 0.2) is 0 Å². The largest absolute Gasteiger partial charge is 0.381 e. The van der Waals surface area contributed by atoms with Crippen LogP contribution >= 0.6 is 11.6 Å². The fraction of sp³-hybridized carbons (Fsp3) is 0.625. The van der Waals surface area contributed by atoms with Crippen molar-refractivity contribution in [2.75, 3.05) is 39.4 Å². The van der Waals surface area contributed by atoms with Crippen LogP contribution in [0, 0.1) is 16.0 Å². The molecule has 2 aliphatic rings. The van der Waals surface area contributed by atoms with Crippen LogP contribution in [0.2, 0.25) is 5.02 Å². The van der Waals surface area contributed by atoms with Gasteiger partial charge in [0, 0.05) is 51.5 Å². The molecule has 0 amide bonds. The lowest BCUT2D eigenvalue weighted by molar-refractivity contribution is -0.384. The van der Waals surface area contributed by atoms with Crippen LogP contribution in [0.3, 0.4) is 0 Å². The maximum absolute atomic E-state index is 11.2. The third kappa shape index (κ3) is 3.83. The average Bonchev–Trinajstić information content (AvgIpc) is 2.58. The molecule has 0 aromatic heterocycles. The van der Waals surface area contributed by atoms with Gasteiger partial charge in [0.1, 0.15) is 5.02 Å². The summed E-state index contributed by atoms with van der Waals surface area (Å²) in [5, 5.41) is 14.8. The van der Waals surface area contributed by atoms with Crippen molar-refractivity contribution in [3.63, 3.8) is 0 Å². The van der Waals surface area contributed by atoms with Gasteiger partial charge < -0.3 is 10.1 Å². The maximum Gasteiger partial charge on any atom is 0.288 e. The molecule has 0 aliphatic carbocycles. The molecule has 1 N–H and O–H groups in total. The normalized spacial score (nSPS) is 22.0. The Kier molecular flexibility index (Phi) is 5.48. The van der Waals surface area contributed by atoms with Crippen LogP contribution in [0.5, 0.6) is 0 Å². The highest BCUT2D eigenvalue weighted by atomic mass is 35.5. The molecule has 2 heterocycles. The Hall–Kier alpha value is -1.21. The predicted molar refractivity (Wildman–Crippen MR) is 88.8 cm³/mol. The minimum atomic E-state index is -0.398. The molecule has 2 saturated heterocycles. The first-order valence-electron chi connectivity index (χ1n) is 8.13. The van der Waals surface area contributed by atoms with Crippen molar-refractivity contribution in [3.05, 3.63) is 38.9 Å². The van der Waals surface area contributed by atoms with E-state index in [-0.39, 0.29) is 16.8 Å². The summed E-state index contributed by atoms with van der Waals surface area (Å²) in [7, 11) is 0. The van der Waals surface area contributed by atoms with Gasteiger partial charge in [0.05, 0.1) is 4.92 Å². The Morgan fingerprint density at radius 2 is 2.00 bits per heavy atom. The predicted octanol–water partition coefficient (Wildman–Crippen LogP) is 2.62. The van der Waals surface area contributed by atoms with Gasteiger partial charge in [-0.25, -0.2) is 0 Å². The summed E-state index contributed by atoms with van der Waals surface area (Å²) in [4.78, 5) is 13.3. The Bertz CT molecular complexity index is 540. The SMILES string of the molecule is O=[N+]([O-])c1cc([C@H](C2CCOCC2)N2CCNCC2)ccc1Cl. The lowest BCUT2D eigenvalue weighted by Gasteiger charge is -2.41. The number of hydrogen-bond donors (Lipinski definition) is 1. The van der Waals surface area contributed by atoms with Crippen LogP contribution in [-0.4, -0.2) is 49.2 Å². The first-order valence-corrected chi connectivity index (χ1v) is 8.51. The number of piperazine rings is 1. The molecule has 3 rings (SSSR count).